The summed E-state index contributed by atoms with van der Waals surface area (Å²) in [5, 5.41) is 7.93. The molecular weight excluding hydrogens is 315 g/mol. The van der Waals surface area contributed by atoms with E-state index in [0.717, 1.165) is 5.82 Å². The zero-order valence-electron chi connectivity index (χ0n) is 9.84. The van der Waals surface area contributed by atoms with Crippen molar-refractivity contribution in [2.75, 3.05) is 0 Å². The highest BCUT2D eigenvalue weighted by molar-refractivity contribution is 9.10. The second kappa shape index (κ2) is 4.58. The van der Waals surface area contributed by atoms with Crippen molar-refractivity contribution >= 4 is 21.6 Å². The molecule has 0 unspecified atom stereocenters. The van der Waals surface area contributed by atoms with E-state index >= 15 is 0 Å². The van der Waals surface area contributed by atoms with E-state index in [-0.39, 0.29) is 11.7 Å². The fourth-order valence-corrected chi connectivity index (χ4v) is 1.98. The summed E-state index contributed by atoms with van der Waals surface area (Å²) in [6.45, 7) is 1.82. The lowest BCUT2D eigenvalue weighted by molar-refractivity contribution is 0.457. The van der Waals surface area contributed by atoms with E-state index in [1.165, 1.54) is 12.1 Å². The van der Waals surface area contributed by atoms with Gasteiger partial charge in [-0.05, 0) is 35.0 Å². The van der Waals surface area contributed by atoms with Crippen LogP contribution < -0.4 is 4.74 Å². The topological polar surface area (TPSA) is 52.3 Å². The molecular formula is C12H8BrFN4O. The molecule has 3 rings (SSSR count). The molecule has 2 heterocycles. The van der Waals surface area contributed by atoms with Gasteiger partial charge in [-0.25, -0.2) is 9.37 Å². The molecule has 0 bridgehead atoms. The zero-order valence-corrected chi connectivity index (χ0v) is 11.4. The molecule has 19 heavy (non-hydrogen) atoms. The predicted octanol–water partition coefficient (Wildman–Crippen LogP) is 3.13. The first kappa shape index (κ1) is 12.0. The molecule has 1 aromatic carbocycles. The molecule has 0 radical (unpaired) electrons. The van der Waals surface area contributed by atoms with Crippen LogP contribution >= 0.6 is 15.9 Å². The van der Waals surface area contributed by atoms with Crippen LogP contribution in [-0.2, 0) is 0 Å². The van der Waals surface area contributed by atoms with Gasteiger partial charge < -0.3 is 4.74 Å². The van der Waals surface area contributed by atoms with Crippen LogP contribution in [0.3, 0.4) is 0 Å². The Labute approximate surface area is 116 Å². The molecule has 0 aliphatic carbocycles. The average molecular weight is 323 g/mol. The zero-order chi connectivity index (χ0) is 13.4. The first-order valence-corrected chi connectivity index (χ1v) is 6.24. The summed E-state index contributed by atoms with van der Waals surface area (Å²) in [5.41, 5.74) is 0.483. The van der Waals surface area contributed by atoms with Crippen molar-refractivity contribution in [2.24, 2.45) is 0 Å². The standard InChI is InChI=1S/C12H8BrFN4O/c1-7-16-17-11-12(15-4-5-18(7)11)19-10-6-8(14)2-3-9(10)13/h2-6H,1H3. The summed E-state index contributed by atoms with van der Waals surface area (Å²) in [6.07, 6.45) is 3.31. The van der Waals surface area contributed by atoms with Crippen LogP contribution in [-0.4, -0.2) is 19.6 Å². The van der Waals surface area contributed by atoms with E-state index in [0.29, 0.717) is 15.9 Å². The van der Waals surface area contributed by atoms with Crippen molar-refractivity contribution in [1.82, 2.24) is 19.6 Å². The van der Waals surface area contributed by atoms with Gasteiger partial charge in [0.2, 0.25) is 5.65 Å². The van der Waals surface area contributed by atoms with E-state index in [1.807, 2.05) is 6.92 Å². The molecule has 0 saturated heterocycles. The molecule has 0 N–H and O–H groups in total. The third-order valence-corrected chi connectivity index (χ3v) is 3.22. The van der Waals surface area contributed by atoms with Gasteiger partial charge in [-0.3, -0.25) is 4.40 Å². The summed E-state index contributed by atoms with van der Waals surface area (Å²) in [7, 11) is 0. The SMILES string of the molecule is Cc1nnc2c(Oc3cc(F)ccc3Br)nccn12. The maximum absolute atomic E-state index is 13.2. The van der Waals surface area contributed by atoms with Gasteiger partial charge in [0.1, 0.15) is 17.4 Å². The van der Waals surface area contributed by atoms with Crippen LogP contribution in [0.4, 0.5) is 4.39 Å². The van der Waals surface area contributed by atoms with Crippen LogP contribution in [0.5, 0.6) is 11.6 Å². The van der Waals surface area contributed by atoms with E-state index in [4.69, 9.17) is 4.74 Å². The normalized spacial score (nSPS) is 10.9. The van der Waals surface area contributed by atoms with Gasteiger partial charge in [0, 0.05) is 18.5 Å². The Morgan fingerprint density at radius 2 is 2.16 bits per heavy atom. The fourth-order valence-electron chi connectivity index (χ4n) is 1.65. The van der Waals surface area contributed by atoms with Gasteiger partial charge in [-0.15, -0.1) is 10.2 Å². The first-order valence-electron chi connectivity index (χ1n) is 5.44. The number of hydrogen-bond donors (Lipinski definition) is 0. The fraction of sp³-hybridized carbons (Fsp3) is 0.0833. The number of nitrogens with zero attached hydrogens (tertiary/aromatic N) is 4. The maximum Gasteiger partial charge on any atom is 0.265 e. The van der Waals surface area contributed by atoms with Gasteiger partial charge >= 0.3 is 0 Å². The maximum atomic E-state index is 13.2. The summed E-state index contributed by atoms with van der Waals surface area (Å²) in [5.74, 6) is 0.944. The highest BCUT2D eigenvalue weighted by Crippen LogP contribution is 2.30. The highest BCUT2D eigenvalue weighted by atomic mass is 79.9. The molecule has 3 aromatic rings. The lowest BCUT2D eigenvalue weighted by atomic mass is 10.3. The first-order chi connectivity index (χ1) is 9.15. The van der Waals surface area contributed by atoms with Crippen LogP contribution in [0.2, 0.25) is 0 Å². The smallest absolute Gasteiger partial charge is 0.265 e. The Morgan fingerprint density at radius 3 is 3.00 bits per heavy atom. The minimum atomic E-state index is -0.386. The quantitative estimate of drug-likeness (QED) is 0.727. The lowest BCUT2D eigenvalue weighted by Gasteiger charge is -2.07. The van der Waals surface area contributed by atoms with E-state index in [9.17, 15) is 4.39 Å². The third-order valence-electron chi connectivity index (χ3n) is 2.56. The van der Waals surface area contributed by atoms with Crippen molar-refractivity contribution in [1.29, 1.82) is 0 Å². The molecule has 0 amide bonds. The molecule has 2 aromatic heterocycles. The molecule has 5 nitrogen and oxygen atoms in total. The van der Waals surface area contributed by atoms with Crippen molar-refractivity contribution < 1.29 is 9.13 Å². The number of ether oxygens (including phenoxy) is 1. The monoisotopic (exact) mass is 322 g/mol. The lowest BCUT2D eigenvalue weighted by Crippen LogP contribution is -1.95. The van der Waals surface area contributed by atoms with Crippen LogP contribution in [0.15, 0.2) is 35.1 Å². The predicted molar refractivity (Wildman–Crippen MR) is 69.7 cm³/mol. The second-order valence-corrected chi connectivity index (χ2v) is 4.70. The third kappa shape index (κ3) is 2.17. The van der Waals surface area contributed by atoms with E-state index in [2.05, 4.69) is 31.1 Å². The number of rotatable bonds is 2. The average Bonchev–Trinajstić information content (AvgIpc) is 2.77. The van der Waals surface area contributed by atoms with Crippen LogP contribution in [0, 0.1) is 12.7 Å². The number of benzene rings is 1. The van der Waals surface area contributed by atoms with Crippen LogP contribution in [0.1, 0.15) is 5.82 Å². The van der Waals surface area contributed by atoms with Crippen molar-refractivity contribution in [3.8, 4) is 11.6 Å². The van der Waals surface area contributed by atoms with Crippen LogP contribution in [0.25, 0.3) is 5.65 Å². The summed E-state index contributed by atoms with van der Waals surface area (Å²) in [6, 6.07) is 4.19. The highest BCUT2D eigenvalue weighted by Gasteiger charge is 2.12. The second-order valence-electron chi connectivity index (χ2n) is 3.85. The Morgan fingerprint density at radius 1 is 1.32 bits per heavy atom. The van der Waals surface area contributed by atoms with E-state index < -0.39 is 0 Å². The van der Waals surface area contributed by atoms with Gasteiger partial charge in [0.25, 0.3) is 5.88 Å². The molecule has 0 aliphatic rings. The number of aryl methyl sites for hydroxylation is 1. The van der Waals surface area contributed by atoms with Gasteiger partial charge in [-0.1, -0.05) is 0 Å². The van der Waals surface area contributed by atoms with Crippen molar-refractivity contribution in [3.05, 3.63) is 46.7 Å². The minimum absolute atomic E-state index is 0.273. The van der Waals surface area contributed by atoms with Crippen molar-refractivity contribution in [2.45, 2.75) is 6.92 Å². The molecule has 0 fully saturated rings. The number of hydrogen-bond acceptors (Lipinski definition) is 4. The van der Waals surface area contributed by atoms with Crippen molar-refractivity contribution in [3.63, 3.8) is 0 Å². The molecule has 0 atom stereocenters. The summed E-state index contributed by atoms with van der Waals surface area (Å²) in [4.78, 5) is 4.10. The molecule has 0 spiro atoms. The number of aromatic nitrogens is 4. The largest absolute Gasteiger partial charge is 0.435 e. The van der Waals surface area contributed by atoms with Gasteiger partial charge in [0.05, 0.1) is 4.47 Å². The Balaban J connectivity index is 2.08. The molecule has 0 saturated carbocycles. The Kier molecular flexibility index (Phi) is 2.90. The molecule has 96 valence electrons. The Bertz CT molecular complexity index is 759. The molecule has 0 aliphatic heterocycles. The summed E-state index contributed by atoms with van der Waals surface area (Å²) >= 11 is 3.29. The number of fused-ring (bicyclic) bond motifs is 1. The Hall–Kier alpha value is -2.02. The van der Waals surface area contributed by atoms with E-state index in [1.54, 1.807) is 22.9 Å². The molecule has 7 heteroatoms. The number of halogens is 2. The van der Waals surface area contributed by atoms with Gasteiger partial charge in [0.15, 0.2) is 0 Å². The van der Waals surface area contributed by atoms with Gasteiger partial charge in [-0.2, -0.15) is 0 Å². The summed E-state index contributed by atoms with van der Waals surface area (Å²) < 4.78 is 21.2. The minimum Gasteiger partial charge on any atom is -0.435 e.